The second-order valence-corrected chi connectivity index (χ2v) is 35.7. The van der Waals surface area contributed by atoms with E-state index in [2.05, 4.69) is 104 Å². The number of phenols is 2. The van der Waals surface area contributed by atoms with Crippen molar-refractivity contribution in [1.29, 1.82) is 0 Å². The number of nitro benzene ring substituents is 2. The van der Waals surface area contributed by atoms with Crippen LogP contribution in [0, 0.1) is 86.2 Å². The largest absolute Gasteiger partial charge is 0.502 e. The quantitative estimate of drug-likeness (QED) is 0.112. The standard InChI is InChI=1S/C72H88N2O8/c1-59-21-45-22-60(2,27-59)32-67(25-45,31-59)51-17-53(73(77)78)55(75)19-57(51)81-49-13-9-47(10-14-49)69-35-63(5)29-64(6,36-69)40-71(39-63,43-69)72-41-65(7)30-66(8,42-72)38-70(37-65,44-72)48-11-15-50(16-12-48)82-58-20-56(76)54(74(79)80)18-52(58)68-26-46-23-61(3,33-68)28-62(4,24-46)34-68/h9-20,45-46,75-76H,21-44H2,1-8H3. The third-order valence-corrected chi connectivity index (χ3v) is 26.6. The maximum absolute atomic E-state index is 12.4. The maximum Gasteiger partial charge on any atom is 0.311 e. The third kappa shape index (κ3) is 7.47. The Kier molecular flexibility index (Phi) is 10.0. The summed E-state index contributed by atoms with van der Waals surface area (Å²) >= 11 is 0. The summed E-state index contributed by atoms with van der Waals surface area (Å²) in [6, 6.07) is 24.6. The van der Waals surface area contributed by atoms with E-state index < -0.39 is 9.85 Å². The van der Waals surface area contributed by atoms with Crippen molar-refractivity contribution >= 4 is 11.4 Å². The summed E-state index contributed by atoms with van der Waals surface area (Å²) in [7, 11) is 0. The summed E-state index contributed by atoms with van der Waals surface area (Å²) in [4.78, 5) is 24.0. The Morgan fingerprint density at radius 3 is 0.963 bits per heavy atom. The van der Waals surface area contributed by atoms with E-state index in [1.54, 1.807) is 24.3 Å². The first-order valence-corrected chi connectivity index (χ1v) is 31.9. The van der Waals surface area contributed by atoms with Crippen LogP contribution in [-0.2, 0) is 21.7 Å². The molecule has 20 rings (SSSR count). The molecule has 16 saturated carbocycles. The molecule has 10 heteroatoms. The average Bonchev–Trinajstić information content (AvgIpc) is 0.699. The van der Waals surface area contributed by atoms with Gasteiger partial charge in [0.2, 0.25) is 0 Å². The van der Waals surface area contributed by atoms with Gasteiger partial charge in [0.05, 0.1) is 9.85 Å². The van der Waals surface area contributed by atoms with Gasteiger partial charge in [-0.25, -0.2) is 0 Å². The molecule has 10 nitrogen and oxygen atoms in total. The molecule has 16 aliphatic rings. The molecule has 0 aromatic heterocycles. The van der Waals surface area contributed by atoms with Gasteiger partial charge in [-0.2, -0.15) is 0 Å². The summed E-state index contributed by atoms with van der Waals surface area (Å²) in [5.41, 5.74) is 5.87. The Morgan fingerprint density at radius 2 is 0.671 bits per heavy atom. The van der Waals surface area contributed by atoms with Crippen molar-refractivity contribution in [2.24, 2.45) is 66.0 Å². The summed E-state index contributed by atoms with van der Waals surface area (Å²) in [5.74, 6) is 3.07. The SMILES string of the molecule is CC12CC3CC(C)(C1)CC(c1cc([N+](=O)[O-])c(O)cc1Oc1ccc(C45CC6(C)CC(C)(C4)CC(C47CC8(C)CC(C)(CC(c9ccc(Oc%10cc(O)c([N+](=O)[O-])cc%10C%10%11CC%12CC(C)(CC(C)(C%12)C%10)C%11)cc9)(C8)C4)C7)(C6)C5)cc1)(C3)C2. The van der Waals surface area contributed by atoms with E-state index in [0.29, 0.717) is 23.3 Å². The van der Waals surface area contributed by atoms with Crippen LogP contribution in [0.3, 0.4) is 0 Å². The molecule has 16 fully saturated rings. The molecule has 16 bridgehead atoms. The van der Waals surface area contributed by atoms with E-state index >= 15 is 0 Å². The van der Waals surface area contributed by atoms with Gasteiger partial charge in [0.1, 0.15) is 23.0 Å². The topological polar surface area (TPSA) is 145 Å². The lowest BCUT2D eigenvalue weighted by atomic mass is 9.24. The van der Waals surface area contributed by atoms with Crippen LogP contribution in [0.5, 0.6) is 34.5 Å². The summed E-state index contributed by atoms with van der Waals surface area (Å²) in [6.45, 7) is 20.3. The summed E-state index contributed by atoms with van der Waals surface area (Å²) in [6.07, 6.45) is 28.3. The average molecular weight is 1110 g/mol. The summed E-state index contributed by atoms with van der Waals surface area (Å²) in [5, 5.41) is 47.2. The molecule has 8 unspecified atom stereocenters. The van der Waals surface area contributed by atoms with Crippen LogP contribution < -0.4 is 9.47 Å². The zero-order valence-electron chi connectivity index (χ0n) is 50.3. The highest BCUT2D eigenvalue weighted by Gasteiger charge is 2.77. The van der Waals surface area contributed by atoms with Crippen molar-refractivity contribution in [2.75, 3.05) is 0 Å². The Hall–Kier alpha value is -5.12. The lowest BCUT2D eigenvalue weighted by molar-refractivity contribution is -0.386. The highest BCUT2D eigenvalue weighted by Crippen LogP contribution is 2.86. The molecule has 8 atom stereocenters. The van der Waals surface area contributed by atoms with Crippen LogP contribution in [0.2, 0.25) is 0 Å². The predicted molar refractivity (Wildman–Crippen MR) is 317 cm³/mol. The highest BCUT2D eigenvalue weighted by molar-refractivity contribution is 5.60. The first kappa shape index (κ1) is 52.4. The fraction of sp³-hybridized carbons (Fsp3) is 0.667. The number of hydrogen-bond acceptors (Lipinski definition) is 8. The number of benzene rings is 4. The van der Waals surface area contributed by atoms with E-state index in [1.165, 1.54) is 127 Å². The van der Waals surface area contributed by atoms with E-state index in [1.807, 2.05) is 0 Å². The summed E-state index contributed by atoms with van der Waals surface area (Å²) < 4.78 is 13.9. The third-order valence-electron chi connectivity index (χ3n) is 26.6. The van der Waals surface area contributed by atoms with E-state index in [-0.39, 0.29) is 98.7 Å². The van der Waals surface area contributed by atoms with Crippen molar-refractivity contribution < 1.29 is 29.5 Å². The Bertz CT molecular complexity index is 3170. The van der Waals surface area contributed by atoms with E-state index in [4.69, 9.17) is 9.47 Å². The zero-order valence-corrected chi connectivity index (χ0v) is 50.3. The molecule has 2 N–H and O–H groups in total. The first-order chi connectivity index (χ1) is 38.3. The number of ether oxygens (including phenoxy) is 2. The van der Waals surface area contributed by atoms with Crippen molar-refractivity contribution in [3.8, 4) is 34.5 Å². The molecular weight excluding hydrogens is 1020 g/mol. The molecule has 16 aliphatic carbocycles. The Balaban J connectivity index is 0.716. The zero-order chi connectivity index (χ0) is 57.1. The minimum absolute atomic E-state index is 0.0334. The van der Waals surface area contributed by atoms with Crippen LogP contribution in [0.25, 0.3) is 0 Å². The van der Waals surface area contributed by atoms with Crippen LogP contribution in [0.15, 0.2) is 72.8 Å². The fourth-order valence-corrected chi connectivity index (χ4v) is 29.0. The molecule has 434 valence electrons. The molecule has 4 aromatic rings. The number of phenolic OH excluding ortho intramolecular Hbond substituents is 2. The van der Waals surface area contributed by atoms with Crippen molar-refractivity contribution in [2.45, 2.75) is 231 Å². The van der Waals surface area contributed by atoms with Gasteiger partial charge in [0.15, 0.2) is 11.5 Å². The monoisotopic (exact) mass is 1110 g/mol. The van der Waals surface area contributed by atoms with Crippen LogP contribution >= 0.6 is 0 Å². The van der Waals surface area contributed by atoms with Crippen molar-refractivity contribution in [1.82, 2.24) is 0 Å². The van der Waals surface area contributed by atoms with Gasteiger partial charge in [-0.05, 0) is 266 Å². The molecular formula is C72H88N2O8. The molecule has 0 heterocycles. The van der Waals surface area contributed by atoms with Crippen LogP contribution in [-0.4, -0.2) is 20.1 Å². The van der Waals surface area contributed by atoms with Gasteiger partial charge < -0.3 is 19.7 Å². The van der Waals surface area contributed by atoms with Gasteiger partial charge in [0.25, 0.3) is 0 Å². The van der Waals surface area contributed by atoms with Gasteiger partial charge in [-0.1, -0.05) is 79.7 Å². The number of nitrogens with zero attached hydrogens (tertiary/aromatic N) is 2. The molecule has 4 aromatic carbocycles. The smallest absolute Gasteiger partial charge is 0.311 e. The Morgan fingerprint density at radius 1 is 0.378 bits per heavy atom. The van der Waals surface area contributed by atoms with Gasteiger partial charge >= 0.3 is 11.4 Å². The normalized spacial score (nSPS) is 47.3. The van der Waals surface area contributed by atoms with Gasteiger partial charge in [-0.3, -0.25) is 20.2 Å². The fourth-order valence-electron chi connectivity index (χ4n) is 29.0. The predicted octanol–water partition coefficient (Wildman–Crippen LogP) is 18.9. The number of hydrogen-bond donors (Lipinski definition) is 2. The number of rotatable bonds is 11. The molecule has 82 heavy (non-hydrogen) atoms. The second kappa shape index (κ2) is 15.7. The minimum Gasteiger partial charge on any atom is -0.502 e. The second-order valence-electron chi connectivity index (χ2n) is 35.7. The molecule has 0 aliphatic heterocycles. The first-order valence-electron chi connectivity index (χ1n) is 31.9. The lowest BCUT2D eigenvalue weighted by Crippen LogP contribution is -2.71. The molecule has 0 radical (unpaired) electrons. The van der Waals surface area contributed by atoms with E-state index in [0.717, 1.165) is 61.2 Å². The molecule has 0 saturated heterocycles. The molecule has 0 amide bonds. The van der Waals surface area contributed by atoms with Crippen molar-refractivity contribution in [3.63, 3.8) is 0 Å². The lowest BCUT2D eigenvalue weighted by Gasteiger charge is -2.80. The highest BCUT2D eigenvalue weighted by atomic mass is 16.6. The van der Waals surface area contributed by atoms with Gasteiger partial charge in [-0.15, -0.1) is 0 Å². The minimum atomic E-state index is -0.436. The number of nitro groups is 2. The van der Waals surface area contributed by atoms with Gasteiger partial charge in [0, 0.05) is 46.2 Å². The molecule has 0 spiro atoms. The van der Waals surface area contributed by atoms with Crippen LogP contribution in [0.4, 0.5) is 11.4 Å². The maximum atomic E-state index is 12.4. The Labute approximate surface area is 485 Å². The van der Waals surface area contributed by atoms with E-state index in [9.17, 15) is 30.4 Å². The van der Waals surface area contributed by atoms with Crippen molar-refractivity contribution in [3.05, 3.63) is 115 Å². The van der Waals surface area contributed by atoms with Crippen LogP contribution in [0.1, 0.15) is 232 Å². The number of aromatic hydroxyl groups is 2.